The molecule has 1 heterocycles. The lowest BCUT2D eigenvalue weighted by molar-refractivity contribution is 0.546. The van der Waals surface area contributed by atoms with Crippen molar-refractivity contribution in [2.24, 2.45) is 5.73 Å². The Morgan fingerprint density at radius 2 is 1.81 bits per heavy atom. The van der Waals surface area contributed by atoms with Crippen molar-refractivity contribution >= 4 is 5.69 Å². The van der Waals surface area contributed by atoms with E-state index in [0.29, 0.717) is 13.1 Å². The molecule has 112 valence electrons. The van der Waals surface area contributed by atoms with Crippen LogP contribution in [0.5, 0.6) is 0 Å². The highest BCUT2D eigenvalue weighted by Crippen LogP contribution is 2.28. The Morgan fingerprint density at radius 1 is 1.14 bits per heavy atom. The molecule has 0 aliphatic carbocycles. The minimum atomic E-state index is -0.0775. The Morgan fingerprint density at radius 3 is 2.38 bits per heavy atom. The molecule has 21 heavy (non-hydrogen) atoms. The summed E-state index contributed by atoms with van der Waals surface area (Å²) in [5.74, 6) is 0.844. The van der Waals surface area contributed by atoms with Crippen molar-refractivity contribution in [2.75, 3.05) is 18.4 Å². The van der Waals surface area contributed by atoms with Gasteiger partial charge in [0.25, 0.3) is 0 Å². The highest BCUT2D eigenvalue weighted by molar-refractivity contribution is 5.73. The molecule has 0 amide bonds. The largest absolute Gasteiger partial charge is 0.381 e. The number of hydrogen-bond donors (Lipinski definition) is 2. The molecule has 0 bridgehead atoms. The Bertz CT molecular complexity index is 597. The van der Waals surface area contributed by atoms with E-state index in [-0.39, 0.29) is 5.41 Å². The van der Waals surface area contributed by atoms with Crippen LogP contribution >= 0.6 is 0 Å². The molecule has 4 heteroatoms. The van der Waals surface area contributed by atoms with Gasteiger partial charge in [0, 0.05) is 24.1 Å². The molecule has 1 aromatic heterocycles. The first-order valence-electron chi connectivity index (χ1n) is 7.30. The van der Waals surface area contributed by atoms with Gasteiger partial charge in [-0.05, 0) is 6.92 Å². The quantitative estimate of drug-likeness (QED) is 0.905. The molecule has 0 atom stereocenters. The fraction of sp³-hybridized carbons (Fsp3) is 0.412. The van der Waals surface area contributed by atoms with Gasteiger partial charge in [-0.3, -0.25) is 0 Å². The molecule has 0 radical (unpaired) electrons. The van der Waals surface area contributed by atoms with E-state index in [0.717, 1.165) is 22.8 Å². The first-order chi connectivity index (χ1) is 9.91. The summed E-state index contributed by atoms with van der Waals surface area (Å²) >= 11 is 0. The minimum absolute atomic E-state index is 0.0775. The molecule has 0 spiro atoms. The molecule has 0 aliphatic rings. The number of nitrogens with two attached hydrogens (primary N) is 1. The molecular weight excluding hydrogens is 260 g/mol. The SMILES string of the molecule is Cc1ccc(-c2nc(C(C)(C)C)ncc2NCCN)cc1. The Balaban J connectivity index is 2.49. The summed E-state index contributed by atoms with van der Waals surface area (Å²) in [5, 5.41) is 3.30. The summed E-state index contributed by atoms with van der Waals surface area (Å²) in [5.41, 5.74) is 9.69. The Hall–Kier alpha value is -1.94. The van der Waals surface area contributed by atoms with Crippen molar-refractivity contribution in [1.29, 1.82) is 0 Å². The molecule has 4 nitrogen and oxygen atoms in total. The maximum Gasteiger partial charge on any atom is 0.134 e. The summed E-state index contributed by atoms with van der Waals surface area (Å²) in [7, 11) is 0. The number of aryl methyl sites for hydroxylation is 1. The second-order valence-corrected chi connectivity index (χ2v) is 6.29. The number of aromatic nitrogens is 2. The molecule has 0 aliphatic heterocycles. The van der Waals surface area contributed by atoms with Crippen molar-refractivity contribution in [2.45, 2.75) is 33.1 Å². The van der Waals surface area contributed by atoms with E-state index in [1.165, 1.54) is 5.56 Å². The highest BCUT2D eigenvalue weighted by atomic mass is 15.0. The second-order valence-electron chi connectivity index (χ2n) is 6.29. The predicted molar refractivity (Wildman–Crippen MR) is 88.4 cm³/mol. The van der Waals surface area contributed by atoms with Gasteiger partial charge in [-0.25, -0.2) is 9.97 Å². The van der Waals surface area contributed by atoms with Crippen LogP contribution in [0.1, 0.15) is 32.2 Å². The number of rotatable bonds is 4. The maximum atomic E-state index is 5.58. The average Bonchev–Trinajstić information content (AvgIpc) is 2.45. The van der Waals surface area contributed by atoms with Crippen molar-refractivity contribution in [1.82, 2.24) is 9.97 Å². The van der Waals surface area contributed by atoms with Crippen LogP contribution in [0.4, 0.5) is 5.69 Å². The molecule has 0 saturated heterocycles. The average molecular weight is 284 g/mol. The van der Waals surface area contributed by atoms with E-state index in [2.05, 4.69) is 62.3 Å². The van der Waals surface area contributed by atoms with Gasteiger partial charge in [0.05, 0.1) is 17.6 Å². The zero-order valence-electron chi connectivity index (χ0n) is 13.3. The van der Waals surface area contributed by atoms with Gasteiger partial charge < -0.3 is 11.1 Å². The topological polar surface area (TPSA) is 63.8 Å². The van der Waals surface area contributed by atoms with Gasteiger partial charge in [0.1, 0.15) is 5.82 Å². The van der Waals surface area contributed by atoms with Crippen LogP contribution < -0.4 is 11.1 Å². The minimum Gasteiger partial charge on any atom is -0.381 e. The van der Waals surface area contributed by atoms with Crippen molar-refractivity contribution < 1.29 is 0 Å². The molecule has 2 rings (SSSR count). The lowest BCUT2D eigenvalue weighted by atomic mass is 9.95. The van der Waals surface area contributed by atoms with Crippen LogP contribution in [0.25, 0.3) is 11.3 Å². The molecular formula is C17H24N4. The summed E-state index contributed by atoms with van der Waals surface area (Å²) in [6, 6.07) is 8.39. The van der Waals surface area contributed by atoms with Crippen molar-refractivity contribution in [3.05, 3.63) is 41.9 Å². The number of nitrogens with one attached hydrogen (secondary N) is 1. The van der Waals surface area contributed by atoms with Crippen LogP contribution in [-0.4, -0.2) is 23.1 Å². The van der Waals surface area contributed by atoms with Crippen molar-refractivity contribution in [3.63, 3.8) is 0 Å². The summed E-state index contributed by atoms with van der Waals surface area (Å²) < 4.78 is 0. The fourth-order valence-corrected chi connectivity index (χ4v) is 2.01. The van der Waals surface area contributed by atoms with Crippen LogP contribution in [-0.2, 0) is 5.41 Å². The van der Waals surface area contributed by atoms with Gasteiger partial charge in [0.15, 0.2) is 0 Å². The third-order valence-corrected chi connectivity index (χ3v) is 3.24. The number of anilines is 1. The lowest BCUT2D eigenvalue weighted by Crippen LogP contribution is -2.18. The summed E-state index contributed by atoms with van der Waals surface area (Å²) in [6.45, 7) is 9.72. The van der Waals surface area contributed by atoms with E-state index < -0.39 is 0 Å². The molecule has 0 fully saturated rings. The lowest BCUT2D eigenvalue weighted by Gasteiger charge is -2.19. The monoisotopic (exact) mass is 284 g/mol. The van der Waals surface area contributed by atoms with E-state index in [1.54, 1.807) is 0 Å². The summed E-state index contributed by atoms with van der Waals surface area (Å²) in [4.78, 5) is 9.27. The number of benzene rings is 1. The molecule has 2 aromatic rings. The maximum absolute atomic E-state index is 5.58. The Labute approximate surface area is 126 Å². The van der Waals surface area contributed by atoms with E-state index in [9.17, 15) is 0 Å². The van der Waals surface area contributed by atoms with Crippen molar-refractivity contribution in [3.8, 4) is 11.3 Å². The molecule has 1 aromatic carbocycles. The summed E-state index contributed by atoms with van der Waals surface area (Å²) in [6.07, 6.45) is 1.86. The first kappa shape index (κ1) is 15.4. The van der Waals surface area contributed by atoms with Crippen LogP contribution in [0.2, 0.25) is 0 Å². The van der Waals surface area contributed by atoms with Gasteiger partial charge >= 0.3 is 0 Å². The van der Waals surface area contributed by atoms with Crippen LogP contribution in [0.15, 0.2) is 30.5 Å². The van der Waals surface area contributed by atoms with Crippen LogP contribution in [0.3, 0.4) is 0 Å². The molecule has 3 N–H and O–H groups in total. The second kappa shape index (κ2) is 6.22. The number of hydrogen-bond acceptors (Lipinski definition) is 4. The third kappa shape index (κ3) is 3.79. The smallest absolute Gasteiger partial charge is 0.134 e. The fourth-order valence-electron chi connectivity index (χ4n) is 2.01. The van der Waals surface area contributed by atoms with Gasteiger partial charge in [0.2, 0.25) is 0 Å². The normalized spacial score (nSPS) is 11.5. The van der Waals surface area contributed by atoms with Crippen LogP contribution in [0, 0.1) is 6.92 Å². The predicted octanol–water partition coefficient (Wildman–Crippen LogP) is 3.12. The zero-order valence-corrected chi connectivity index (χ0v) is 13.3. The third-order valence-electron chi connectivity index (χ3n) is 3.24. The number of nitrogens with zero attached hydrogens (tertiary/aromatic N) is 2. The first-order valence-corrected chi connectivity index (χ1v) is 7.30. The molecule has 0 unspecified atom stereocenters. The van der Waals surface area contributed by atoms with Gasteiger partial charge in [-0.2, -0.15) is 0 Å². The van der Waals surface area contributed by atoms with Gasteiger partial charge in [-0.1, -0.05) is 50.6 Å². The standard InChI is InChI=1S/C17H24N4/c1-12-5-7-13(8-6-12)15-14(19-10-9-18)11-20-16(21-15)17(2,3)4/h5-8,11,19H,9-10,18H2,1-4H3. The van der Waals surface area contributed by atoms with E-state index in [1.807, 2.05) is 6.20 Å². The Kier molecular flexibility index (Phi) is 4.58. The van der Waals surface area contributed by atoms with E-state index >= 15 is 0 Å². The van der Waals surface area contributed by atoms with E-state index in [4.69, 9.17) is 10.7 Å². The molecule has 0 saturated carbocycles. The van der Waals surface area contributed by atoms with Gasteiger partial charge in [-0.15, -0.1) is 0 Å². The zero-order chi connectivity index (χ0) is 15.5. The highest BCUT2D eigenvalue weighted by Gasteiger charge is 2.19.